The van der Waals surface area contributed by atoms with Crippen LogP contribution in [0.1, 0.15) is 10.4 Å². The highest BCUT2D eigenvalue weighted by molar-refractivity contribution is 6.43. The zero-order chi connectivity index (χ0) is 15.9. The van der Waals surface area contributed by atoms with Crippen LogP contribution >= 0.6 is 23.2 Å². The number of carbonyl (C=O) groups excluding carboxylic acids is 1. The molecule has 2 rings (SSSR count). The summed E-state index contributed by atoms with van der Waals surface area (Å²) in [4.78, 5) is 16.5. The molecule has 0 aromatic heterocycles. The van der Waals surface area contributed by atoms with Crippen molar-refractivity contribution in [1.29, 1.82) is 0 Å². The lowest BCUT2D eigenvalue weighted by Gasteiger charge is -2.30. The number of carbonyl (C=O) groups is 1. The third kappa shape index (κ3) is 4.57. The number of aliphatic hydroxyl groups excluding tert-OH is 1. The van der Waals surface area contributed by atoms with E-state index in [9.17, 15) is 9.90 Å². The number of ether oxygens (including phenoxy) is 1. The molecule has 0 atom stereocenters. The Labute approximate surface area is 140 Å². The Morgan fingerprint density at radius 2 is 2.00 bits per heavy atom. The van der Waals surface area contributed by atoms with Crippen LogP contribution in [0.25, 0.3) is 0 Å². The topological polar surface area (TPSA) is 53.0 Å². The minimum atomic E-state index is -0.213. The van der Waals surface area contributed by atoms with Crippen molar-refractivity contribution in [2.75, 3.05) is 52.5 Å². The summed E-state index contributed by atoms with van der Waals surface area (Å²) in [6, 6.07) is 4.99. The number of morpholine rings is 1. The lowest BCUT2D eigenvalue weighted by Crippen LogP contribution is -2.44. The molecular formula is C15H20Cl2N2O3. The van der Waals surface area contributed by atoms with Gasteiger partial charge in [0.1, 0.15) is 0 Å². The van der Waals surface area contributed by atoms with E-state index >= 15 is 0 Å². The molecule has 5 nitrogen and oxygen atoms in total. The van der Waals surface area contributed by atoms with E-state index in [4.69, 9.17) is 27.9 Å². The van der Waals surface area contributed by atoms with Crippen LogP contribution in [0.2, 0.25) is 10.0 Å². The number of nitrogens with zero attached hydrogens (tertiary/aromatic N) is 2. The van der Waals surface area contributed by atoms with Gasteiger partial charge in [-0.05, 0) is 12.1 Å². The zero-order valence-electron chi connectivity index (χ0n) is 12.3. The van der Waals surface area contributed by atoms with E-state index < -0.39 is 0 Å². The summed E-state index contributed by atoms with van der Waals surface area (Å²) in [7, 11) is 0. The van der Waals surface area contributed by atoms with Crippen molar-refractivity contribution < 1.29 is 14.6 Å². The van der Waals surface area contributed by atoms with E-state index in [-0.39, 0.29) is 24.1 Å². The largest absolute Gasteiger partial charge is 0.395 e. The standard InChI is InChI=1S/C15H20Cl2N2O3/c16-13-3-1-2-12(14(13)17)15(21)19(6-9-20)5-4-18-7-10-22-11-8-18/h1-3,20H,4-11H2. The lowest BCUT2D eigenvalue weighted by atomic mass is 10.2. The normalized spacial score (nSPS) is 15.8. The first-order valence-electron chi connectivity index (χ1n) is 7.27. The van der Waals surface area contributed by atoms with Gasteiger partial charge in [-0.1, -0.05) is 29.3 Å². The molecule has 0 saturated carbocycles. The molecule has 1 amide bonds. The van der Waals surface area contributed by atoms with Gasteiger partial charge in [0, 0.05) is 32.7 Å². The average Bonchev–Trinajstić information content (AvgIpc) is 2.54. The maximum atomic E-state index is 12.6. The zero-order valence-corrected chi connectivity index (χ0v) is 13.8. The van der Waals surface area contributed by atoms with Crippen LogP contribution in [0.15, 0.2) is 18.2 Å². The maximum Gasteiger partial charge on any atom is 0.255 e. The molecule has 122 valence electrons. The van der Waals surface area contributed by atoms with Gasteiger partial charge in [-0.3, -0.25) is 9.69 Å². The molecule has 1 aromatic carbocycles. The molecule has 0 radical (unpaired) electrons. The van der Waals surface area contributed by atoms with Crippen molar-refractivity contribution in [2.24, 2.45) is 0 Å². The molecule has 0 spiro atoms. The van der Waals surface area contributed by atoms with Gasteiger partial charge in [-0.15, -0.1) is 0 Å². The van der Waals surface area contributed by atoms with Crippen LogP contribution in [-0.4, -0.2) is 73.4 Å². The lowest BCUT2D eigenvalue weighted by molar-refractivity contribution is 0.0315. The predicted molar refractivity (Wildman–Crippen MR) is 86.7 cm³/mol. The van der Waals surface area contributed by atoms with E-state index in [1.807, 2.05) is 0 Å². The minimum Gasteiger partial charge on any atom is -0.395 e. The van der Waals surface area contributed by atoms with Crippen molar-refractivity contribution in [1.82, 2.24) is 9.80 Å². The first kappa shape index (κ1) is 17.5. The highest BCUT2D eigenvalue weighted by atomic mass is 35.5. The van der Waals surface area contributed by atoms with Gasteiger partial charge in [0.25, 0.3) is 5.91 Å². The number of hydrogen-bond donors (Lipinski definition) is 1. The summed E-state index contributed by atoms with van der Waals surface area (Å²) in [6.07, 6.45) is 0. The van der Waals surface area contributed by atoms with Crippen molar-refractivity contribution in [3.63, 3.8) is 0 Å². The summed E-state index contributed by atoms with van der Waals surface area (Å²) in [5, 5.41) is 9.81. The number of benzene rings is 1. The number of aliphatic hydroxyl groups is 1. The number of rotatable bonds is 6. The Balaban J connectivity index is 2.02. The molecule has 0 aliphatic carbocycles. The van der Waals surface area contributed by atoms with Crippen molar-refractivity contribution in [3.8, 4) is 0 Å². The van der Waals surface area contributed by atoms with E-state index in [0.717, 1.165) is 19.6 Å². The van der Waals surface area contributed by atoms with Crippen molar-refractivity contribution in [3.05, 3.63) is 33.8 Å². The second kappa shape index (κ2) is 8.70. The Hall–Kier alpha value is -0.850. The smallest absolute Gasteiger partial charge is 0.255 e. The van der Waals surface area contributed by atoms with Gasteiger partial charge in [-0.25, -0.2) is 0 Å². The third-order valence-electron chi connectivity index (χ3n) is 3.63. The molecular weight excluding hydrogens is 327 g/mol. The fourth-order valence-corrected chi connectivity index (χ4v) is 2.74. The molecule has 22 heavy (non-hydrogen) atoms. The molecule has 1 saturated heterocycles. The van der Waals surface area contributed by atoms with E-state index in [2.05, 4.69) is 4.90 Å². The molecule has 1 aromatic rings. The van der Waals surface area contributed by atoms with Gasteiger partial charge in [0.2, 0.25) is 0 Å². The molecule has 1 fully saturated rings. The highest BCUT2D eigenvalue weighted by Crippen LogP contribution is 2.26. The van der Waals surface area contributed by atoms with Crippen LogP contribution in [0.3, 0.4) is 0 Å². The average molecular weight is 347 g/mol. The van der Waals surface area contributed by atoms with Gasteiger partial charge in [0.05, 0.1) is 35.4 Å². The fraction of sp³-hybridized carbons (Fsp3) is 0.533. The van der Waals surface area contributed by atoms with Gasteiger partial charge < -0.3 is 14.7 Å². The predicted octanol–water partition coefficient (Wildman–Crippen LogP) is 1.76. The molecule has 0 unspecified atom stereocenters. The third-order valence-corrected chi connectivity index (χ3v) is 4.45. The van der Waals surface area contributed by atoms with Gasteiger partial charge >= 0.3 is 0 Å². The molecule has 1 heterocycles. The molecule has 0 bridgehead atoms. The van der Waals surface area contributed by atoms with Crippen LogP contribution in [0, 0.1) is 0 Å². The van der Waals surface area contributed by atoms with E-state index in [1.54, 1.807) is 23.1 Å². The maximum absolute atomic E-state index is 12.6. The summed E-state index contributed by atoms with van der Waals surface area (Å²) < 4.78 is 5.31. The highest BCUT2D eigenvalue weighted by Gasteiger charge is 2.20. The van der Waals surface area contributed by atoms with Crippen LogP contribution in [0.4, 0.5) is 0 Å². The number of halogens is 2. The fourth-order valence-electron chi connectivity index (χ4n) is 2.36. The Morgan fingerprint density at radius 1 is 1.27 bits per heavy atom. The molecule has 1 aliphatic heterocycles. The minimum absolute atomic E-state index is 0.0902. The SMILES string of the molecule is O=C(c1cccc(Cl)c1Cl)N(CCO)CCN1CCOCC1. The Morgan fingerprint density at radius 3 is 2.68 bits per heavy atom. The van der Waals surface area contributed by atoms with Gasteiger partial charge in [0.15, 0.2) is 0 Å². The monoisotopic (exact) mass is 346 g/mol. The summed E-state index contributed by atoms with van der Waals surface area (Å²) >= 11 is 12.1. The van der Waals surface area contributed by atoms with Crippen LogP contribution in [0.5, 0.6) is 0 Å². The summed E-state index contributed by atoms with van der Waals surface area (Å²) in [5.74, 6) is -0.213. The second-order valence-corrected chi connectivity index (χ2v) is 5.86. The first-order valence-corrected chi connectivity index (χ1v) is 8.03. The summed E-state index contributed by atoms with van der Waals surface area (Å²) in [5.41, 5.74) is 0.365. The number of amides is 1. The molecule has 1 N–H and O–H groups in total. The number of hydrogen-bond acceptors (Lipinski definition) is 4. The van der Waals surface area contributed by atoms with E-state index in [0.29, 0.717) is 30.3 Å². The molecule has 1 aliphatic rings. The Bertz CT molecular complexity index is 508. The van der Waals surface area contributed by atoms with Gasteiger partial charge in [-0.2, -0.15) is 0 Å². The first-order chi connectivity index (χ1) is 10.6. The second-order valence-electron chi connectivity index (χ2n) is 5.07. The quantitative estimate of drug-likeness (QED) is 0.852. The molecule has 7 heteroatoms. The van der Waals surface area contributed by atoms with Crippen molar-refractivity contribution in [2.45, 2.75) is 0 Å². The Kier molecular flexibility index (Phi) is 6.92. The van der Waals surface area contributed by atoms with Crippen LogP contribution in [-0.2, 0) is 4.74 Å². The van der Waals surface area contributed by atoms with E-state index in [1.165, 1.54) is 0 Å². The summed E-state index contributed by atoms with van der Waals surface area (Å²) in [6.45, 7) is 4.61. The van der Waals surface area contributed by atoms with Crippen LogP contribution < -0.4 is 0 Å². The van der Waals surface area contributed by atoms with Crippen molar-refractivity contribution >= 4 is 29.1 Å².